The number of aryl methyl sites for hydroxylation is 1. The largest absolute Gasteiger partial charge is 0.384 e. The van der Waals surface area contributed by atoms with Crippen LogP contribution in [0.1, 0.15) is 12.0 Å². The highest BCUT2D eigenvalue weighted by Gasteiger charge is 2.12. The van der Waals surface area contributed by atoms with Crippen LogP contribution in [0.3, 0.4) is 0 Å². The second-order valence-electron chi connectivity index (χ2n) is 6.66. The van der Waals surface area contributed by atoms with Crippen molar-refractivity contribution in [2.75, 3.05) is 24.1 Å². The second-order valence-corrected chi connectivity index (χ2v) is 6.66. The first-order valence-electron chi connectivity index (χ1n) is 8.72. The summed E-state index contributed by atoms with van der Waals surface area (Å²) in [6, 6.07) is 10.9. The van der Waals surface area contributed by atoms with Crippen molar-refractivity contribution in [1.29, 1.82) is 0 Å². The van der Waals surface area contributed by atoms with Crippen molar-refractivity contribution in [2.45, 2.75) is 13.3 Å². The van der Waals surface area contributed by atoms with E-state index in [2.05, 4.69) is 15.6 Å². The van der Waals surface area contributed by atoms with Gasteiger partial charge in [-0.1, -0.05) is 12.1 Å². The fraction of sp³-hybridized carbons (Fsp3) is 0.190. The van der Waals surface area contributed by atoms with Gasteiger partial charge in [-0.05, 0) is 60.9 Å². The van der Waals surface area contributed by atoms with Gasteiger partial charge < -0.3 is 16.4 Å². The third-order valence-corrected chi connectivity index (χ3v) is 4.77. The van der Waals surface area contributed by atoms with E-state index in [4.69, 9.17) is 5.73 Å². The Labute approximate surface area is 151 Å². The van der Waals surface area contributed by atoms with Crippen LogP contribution in [0.15, 0.2) is 54.4 Å². The van der Waals surface area contributed by atoms with Gasteiger partial charge in [0.05, 0.1) is 0 Å². The molecule has 4 nitrogen and oxygen atoms in total. The van der Waals surface area contributed by atoms with Crippen LogP contribution < -0.4 is 16.4 Å². The molecule has 4 N–H and O–H groups in total. The van der Waals surface area contributed by atoms with Gasteiger partial charge in [0, 0.05) is 41.0 Å². The SMILES string of the molecule is Cc1cccc(F)c1-c1cc(N/C=C2\CCNC2)c2cc(N)ncc2c1. The van der Waals surface area contributed by atoms with Crippen LogP contribution in [0, 0.1) is 12.7 Å². The number of rotatable bonds is 3. The van der Waals surface area contributed by atoms with Crippen molar-refractivity contribution in [1.82, 2.24) is 10.3 Å². The first-order valence-corrected chi connectivity index (χ1v) is 8.72. The van der Waals surface area contributed by atoms with Gasteiger partial charge in [-0.25, -0.2) is 9.37 Å². The molecule has 4 rings (SSSR count). The van der Waals surface area contributed by atoms with E-state index >= 15 is 0 Å². The summed E-state index contributed by atoms with van der Waals surface area (Å²) in [5, 5.41) is 8.61. The Kier molecular flexibility index (Phi) is 4.31. The van der Waals surface area contributed by atoms with E-state index in [0.29, 0.717) is 11.4 Å². The Morgan fingerprint density at radius 1 is 1.27 bits per heavy atom. The lowest BCUT2D eigenvalue weighted by Crippen LogP contribution is -2.05. The summed E-state index contributed by atoms with van der Waals surface area (Å²) in [4.78, 5) is 4.20. The molecule has 0 amide bonds. The number of nitrogens with one attached hydrogen (secondary N) is 2. The zero-order valence-electron chi connectivity index (χ0n) is 14.6. The second kappa shape index (κ2) is 6.77. The van der Waals surface area contributed by atoms with E-state index in [-0.39, 0.29) is 5.82 Å². The lowest BCUT2D eigenvalue weighted by Gasteiger charge is -2.13. The van der Waals surface area contributed by atoms with Gasteiger partial charge in [-0.15, -0.1) is 0 Å². The highest BCUT2D eigenvalue weighted by molar-refractivity contribution is 5.99. The van der Waals surface area contributed by atoms with Gasteiger partial charge >= 0.3 is 0 Å². The molecular formula is C21H21FN4. The molecule has 0 aliphatic carbocycles. The monoisotopic (exact) mass is 348 g/mol. The molecule has 0 unspecified atom stereocenters. The van der Waals surface area contributed by atoms with E-state index in [0.717, 1.165) is 47.1 Å². The number of aromatic nitrogens is 1. The molecule has 2 heterocycles. The first kappa shape index (κ1) is 16.5. The molecule has 132 valence electrons. The summed E-state index contributed by atoms with van der Waals surface area (Å²) in [6.45, 7) is 3.81. The molecule has 0 bridgehead atoms. The van der Waals surface area contributed by atoms with Gasteiger partial charge in [-0.3, -0.25) is 0 Å². The first-order chi connectivity index (χ1) is 12.6. The summed E-state index contributed by atoms with van der Waals surface area (Å²) >= 11 is 0. The van der Waals surface area contributed by atoms with Crippen molar-refractivity contribution in [3.8, 4) is 11.1 Å². The number of hydrogen-bond donors (Lipinski definition) is 3. The molecule has 0 atom stereocenters. The van der Waals surface area contributed by atoms with Crippen LogP contribution in [0.2, 0.25) is 0 Å². The number of fused-ring (bicyclic) bond motifs is 1. The van der Waals surface area contributed by atoms with E-state index in [9.17, 15) is 4.39 Å². The van der Waals surface area contributed by atoms with Crippen LogP contribution in [0.5, 0.6) is 0 Å². The average Bonchev–Trinajstić information content (AvgIpc) is 3.13. The molecule has 0 radical (unpaired) electrons. The lowest BCUT2D eigenvalue weighted by atomic mass is 9.96. The van der Waals surface area contributed by atoms with E-state index in [1.807, 2.05) is 37.4 Å². The average molecular weight is 348 g/mol. The standard InChI is InChI=1S/C21H21FN4/c1-13-3-2-4-18(22)21(13)15-7-16-12-26-20(23)9-17(16)19(8-15)25-11-14-5-6-24-10-14/h2-4,7-9,11-12,24-25H,5-6,10H2,1H3,(H2,23,26)/b14-11+. The third kappa shape index (κ3) is 3.13. The summed E-state index contributed by atoms with van der Waals surface area (Å²) in [6.07, 6.45) is 4.80. The van der Waals surface area contributed by atoms with Gasteiger partial charge in [0.2, 0.25) is 0 Å². The number of nitrogens with two attached hydrogens (primary N) is 1. The van der Waals surface area contributed by atoms with Crippen molar-refractivity contribution >= 4 is 22.3 Å². The van der Waals surface area contributed by atoms with Crippen molar-refractivity contribution < 1.29 is 4.39 Å². The Balaban J connectivity index is 1.87. The summed E-state index contributed by atoms with van der Waals surface area (Å²) in [5.41, 5.74) is 10.4. The van der Waals surface area contributed by atoms with Gasteiger partial charge in [0.1, 0.15) is 11.6 Å². The maximum absolute atomic E-state index is 14.5. The highest BCUT2D eigenvalue weighted by atomic mass is 19.1. The van der Waals surface area contributed by atoms with Crippen LogP contribution >= 0.6 is 0 Å². The van der Waals surface area contributed by atoms with E-state index in [1.54, 1.807) is 12.3 Å². The molecule has 1 fully saturated rings. The fourth-order valence-electron chi connectivity index (χ4n) is 3.42. The molecule has 3 aromatic rings. The zero-order valence-corrected chi connectivity index (χ0v) is 14.6. The van der Waals surface area contributed by atoms with Crippen LogP contribution in [0.25, 0.3) is 21.9 Å². The highest BCUT2D eigenvalue weighted by Crippen LogP contribution is 2.34. The molecule has 26 heavy (non-hydrogen) atoms. The molecule has 1 aliphatic heterocycles. The van der Waals surface area contributed by atoms with Crippen LogP contribution in [-0.2, 0) is 0 Å². The molecular weight excluding hydrogens is 327 g/mol. The number of benzene rings is 2. The number of nitrogen functional groups attached to an aromatic ring is 1. The van der Waals surface area contributed by atoms with Crippen LogP contribution in [0.4, 0.5) is 15.9 Å². The topological polar surface area (TPSA) is 63.0 Å². The summed E-state index contributed by atoms with van der Waals surface area (Å²) in [7, 11) is 0. The lowest BCUT2D eigenvalue weighted by molar-refractivity contribution is 0.630. The van der Waals surface area contributed by atoms with E-state index in [1.165, 1.54) is 11.6 Å². The molecule has 1 saturated heterocycles. The number of anilines is 2. The molecule has 0 saturated carbocycles. The van der Waals surface area contributed by atoms with Crippen LogP contribution in [-0.4, -0.2) is 18.1 Å². The maximum atomic E-state index is 14.5. The third-order valence-electron chi connectivity index (χ3n) is 4.77. The quantitative estimate of drug-likeness (QED) is 0.663. The number of hydrogen-bond acceptors (Lipinski definition) is 4. The van der Waals surface area contributed by atoms with Gasteiger partial charge in [-0.2, -0.15) is 0 Å². The number of pyridine rings is 1. The minimum Gasteiger partial charge on any atom is -0.384 e. The maximum Gasteiger partial charge on any atom is 0.131 e. The van der Waals surface area contributed by atoms with Crippen molar-refractivity contribution in [3.05, 3.63) is 65.7 Å². The summed E-state index contributed by atoms with van der Waals surface area (Å²) in [5.74, 6) is 0.239. The predicted molar refractivity (Wildman–Crippen MR) is 105 cm³/mol. The molecule has 1 aliphatic rings. The summed E-state index contributed by atoms with van der Waals surface area (Å²) < 4.78 is 14.5. The Hall–Kier alpha value is -2.92. The minimum atomic E-state index is -0.225. The fourth-order valence-corrected chi connectivity index (χ4v) is 3.42. The number of nitrogens with zero attached hydrogens (tertiary/aromatic N) is 1. The smallest absolute Gasteiger partial charge is 0.131 e. The van der Waals surface area contributed by atoms with Crippen molar-refractivity contribution in [3.63, 3.8) is 0 Å². The Bertz CT molecular complexity index is 982. The Morgan fingerprint density at radius 2 is 2.15 bits per heavy atom. The zero-order chi connectivity index (χ0) is 18.1. The molecule has 5 heteroatoms. The molecule has 1 aromatic heterocycles. The predicted octanol–water partition coefficient (Wildman–Crippen LogP) is 4.22. The minimum absolute atomic E-state index is 0.225. The van der Waals surface area contributed by atoms with Gasteiger partial charge in [0.25, 0.3) is 0 Å². The van der Waals surface area contributed by atoms with E-state index < -0.39 is 0 Å². The normalized spacial score (nSPS) is 15.7. The Morgan fingerprint density at radius 3 is 2.92 bits per heavy atom. The van der Waals surface area contributed by atoms with Gasteiger partial charge in [0.15, 0.2) is 0 Å². The molecule has 2 aromatic carbocycles. The number of halogens is 1. The van der Waals surface area contributed by atoms with Crippen molar-refractivity contribution in [2.24, 2.45) is 0 Å². The molecule has 0 spiro atoms.